The fraction of sp³-hybridized carbons (Fsp3) is 0.0625. The van der Waals surface area contributed by atoms with Crippen molar-refractivity contribution in [1.82, 2.24) is 0 Å². The van der Waals surface area contributed by atoms with E-state index in [4.69, 9.17) is 0 Å². The number of hydrogen-bond donors (Lipinski definition) is 0. The topological polar surface area (TPSA) is 3.24 Å². The molecule has 11 aromatic rings. The van der Waals surface area contributed by atoms with Crippen molar-refractivity contribution in [2.75, 3.05) is 4.90 Å². The summed E-state index contributed by atoms with van der Waals surface area (Å²) in [4.78, 5) is 2.57. The number of rotatable bonds is 4. The van der Waals surface area contributed by atoms with Crippen LogP contribution in [-0.4, -0.2) is 0 Å². The highest BCUT2D eigenvalue weighted by molar-refractivity contribution is 6.30. The molecular weight excluding hydrogens is 783 g/mol. The van der Waals surface area contributed by atoms with Gasteiger partial charge >= 0.3 is 0 Å². The lowest BCUT2D eigenvalue weighted by molar-refractivity contribution is 0.660. The second-order valence-electron chi connectivity index (χ2n) is 18.7. The van der Waals surface area contributed by atoms with Crippen LogP contribution in [0.15, 0.2) is 224 Å². The van der Waals surface area contributed by atoms with Gasteiger partial charge in [-0.15, -0.1) is 0 Å². The van der Waals surface area contributed by atoms with Gasteiger partial charge in [-0.2, -0.15) is 0 Å². The third-order valence-corrected chi connectivity index (χ3v) is 15.3. The molecule has 0 radical (unpaired) electrons. The third kappa shape index (κ3) is 4.77. The molecule has 65 heavy (non-hydrogen) atoms. The smallest absolute Gasteiger partial charge is 0.0726 e. The molecule has 0 amide bonds. The lowest BCUT2D eigenvalue weighted by atomic mass is 9.70. The van der Waals surface area contributed by atoms with Gasteiger partial charge in [0.2, 0.25) is 0 Å². The first-order valence-electron chi connectivity index (χ1n) is 22.9. The minimum atomic E-state index is -0.470. The summed E-state index contributed by atoms with van der Waals surface area (Å²) >= 11 is 0. The molecule has 0 saturated heterocycles. The van der Waals surface area contributed by atoms with Crippen molar-refractivity contribution in [2.24, 2.45) is 0 Å². The minimum Gasteiger partial charge on any atom is -0.310 e. The predicted molar refractivity (Wildman–Crippen MR) is 273 cm³/mol. The van der Waals surface area contributed by atoms with Gasteiger partial charge in [-0.05, 0) is 130 Å². The Morgan fingerprint density at radius 2 is 0.738 bits per heavy atom. The second-order valence-corrected chi connectivity index (χ2v) is 18.7. The average molecular weight is 826 g/mol. The Bertz CT molecular complexity index is 3720. The standard InChI is InChI=1S/C64H43N/c1-63(2)54-28-14-10-26-49(54)53-38-41(33-36-55(53)63)65(60-37-35-52-45-22-7-6-20-43(45)44-21-8-9-27-51(44)62(52)61(60)40-18-4-3-5-19-40)42-32-34-50-48-25-13-17-31-58(48)64(59(50)39-42)56-29-15-11-23-46(56)47-24-12-16-30-57(47)64/h3-39H,1-2H3. The van der Waals surface area contributed by atoms with E-state index in [2.05, 4.69) is 243 Å². The molecule has 3 aliphatic carbocycles. The second kappa shape index (κ2) is 13.3. The van der Waals surface area contributed by atoms with Crippen LogP contribution in [-0.2, 0) is 10.8 Å². The van der Waals surface area contributed by atoms with E-state index in [1.165, 1.54) is 110 Å². The van der Waals surface area contributed by atoms with Crippen LogP contribution >= 0.6 is 0 Å². The van der Waals surface area contributed by atoms with Crippen LogP contribution < -0.4 is 4.90 Å². The van der Waals surface area contributed by atoms with Crippen molar-refractivity contribution < 1.29 is 0 Å². The summed E-state index contributed by atoms with van der Waals surface area (Å²) in [5.74, 6) is 0. The zero-order chi connectivity index (χ0) is 43.0. The van der Waals surface area contributed by atoms with E-state index >= 15 is 0 Å². The summed E-state index contributed by atoms with van der Waals surface area (Å²) in [7, 11) is 0. The maximum Gasteiger partial charge on any atom is 0.0726 e. The Hall–Kier alpha value is -8.00. The Kier molecular flexibility index (Phi) is 7.45. The Labute approximate surface area is 379 Å². The van der Waals surface area contributed by atoms with Crippen molar-refractivity contribution >= 4 is 49.4 Å². The monoisotopic (exact) mass is 825 g/mol. The SMILES string of the molecule is CC1(C)c2ccccc2-c2cc(N(c3ccc4c(c3)C3(c5ccccc5-c5ccccc53)c3ccccc3-4)c3ccc4c5ccccc5c5ccccc5c4c3-c3ccccc3)ccc21. The first kappa shape index (κ1) is 36.5. The summed E-state index contributed by atoms with van der Waals surface area (Å²) in [5, 5.41) is 7.60. The van der Waals surface area contributed by atoms with Gasteiger partial charge in [-0.25, -0.2) is 0 Å². The van der Waals surface area contributed by atoms with Crippen LogP contribution in [0.4, 0.5) is 17.1 Å². The van der Waals surface area contributed by atoms with Gasteiger partial charge in [0.1, 0.15) is 0 Å². The van der Waals surface area contributed by atoms with Gasteiger partial charge in [0.05, 0.1) is 11.1 Å². The molecule has 11 aromatic carbocycles. The van der Waals surface area contributed by atoms with Crippen LogP contribution in [0.1, 0.15) is 47.2 Å². The van der Waals surface area contributed by atoms with Crippen LogP contribution in [0, 0.1) is 0 Å². The van der Waals surface area contributed by atoms with E-state index in [1.54, 1.807) is 0 Å². The number of nitrogens with zero attached hydrogens (tertiary/aromatic N) is 1. The van der Waals surface area contributed by atoms with Gasteiger partial charge in [0, 0.05) is 27.7 Å². The summed E-state index contributed by atoms with van der Waals surface area (Å²) in [6.07, 6.45) is 0. The molecular formula is C64H43N. The Morgan fingerprint density at radius 3 is 1.35 bits per heavy atom. The van der Waals surface area contributed by atoms with Crippen molar-refractivity contribution in [1.29, 1.82) is 0 Å². The normalized spacial score (nSPS) is 14.2. The zero-order valence-electron chi connectivity index (χ0n) is 36.3. The molecule has 0 unspecified atom stereocenters. The molecule has 14 rings (SSSR count). The predicted octanol–water partition coefficient (Wildman–Crippen LogP) is 16.9. The van der Waals surface area contributed by atoms with Gasteiger partial charge < -0.3 is 4.90 Å². The number of benzene rings is 11. The number of anilines is 3. The molecule has 1 nitrogen and oxygen atoms in total. The first-order valence-corrected chi connectivity index (χ1v) is 22.9. The molecule has 0 aliphatic heterocycles. The van der Waals surface area contributed by atoms with E-state index in [0.717, 1.165) is 17.1 Å². The first-order chi connectivity index (χ1) is 32.0. The van der Waals surface area contributed by atoms with Crippen LogP contribution in [0.5, 0.6) is 0 Å². The fourth-order valence-corrected chi connectivity index (χ4v) is 12.6. The van der Waals surface area contributed by atoms with E-state index < -0.39 is 5.41 Å². The molecule has 0 bridgehead atoms. The lowest BCUT2D eigenvalue weighted by Gasteiger charge is -2.33. The lowest BCUT2D eigenvalue weighted by Crippen LogP contribution is -2.26. The van der Waals surface area contributed by atoms with Crippen molar-refractivity contribution in [2.45, 2.75) is 24.7 Å². The van der Waals surface area contributed by atoms with E-state index in [0.29, 0.717) is 0 Å². The van der Waals surface area contributed by atoms with Gasteiger partial charge in [-0.1, -0.05) is 208 Å². The molecule has 0 N–H and O–H groups in total. The van der Waals surface area contributed by atoms with Crippen molar-refractivity contribution in [3.8, 4) is 44.5 Å². The largest absolute Gasteiger partial charge is 0.310 e. The molecule has 304 valence electrons. The summed E-state index contributed by atoms with van der Waals surface area (Å²) in [6, 6.07) is 84.7. The molecule has 0 saturated carbocycles. The Morgan fingerprint density at radius 1 is 0.308 bits per heavy atom. The third-order valence-electron chi connectivity index (χ3n) is 15.3. The van der Waals surface area contributed by atoms with Gasteiger partial charge in [0.15, 0.2) is 0 Å². The van der Waals surface area contributed by atoms with Gasteiger partial charge in [0.25, 0.3) is 0 Å². The van der Waals surface area contributed by atoms with Crippen LogP contribution in [0.25, 0.3) is 76.8 Å². The van der Waals surface area contributed by atoms with E-state index in [9.17, 15) is 0 Å². The molecule has 0 fully saturated rings. The molecule has 0 atom stereocenters. The molecule has 3 aliphatic rings. The summed E-state index contributed by atoms with van der Waals surface area (Å²) in [6.45, 7) is 4.74. The highest BCUT2D eigenvalue weighted by Gasteiger charge is 2.51. The minimum absolute atomic E-state index is 0.109. The van der Waals surface area contributed by atoms with E-state index in [-0.39, 0.29) is 5.41 Å². The quantitative estimate of drug-likeness (QED) is 0.160. The molecule has 1 heteroatoms. The summed E-state index contributed by atoms with van der Waals surface area (Å²) < 4.78 is 0. The fourth-order valence-electron chi connectivity index (χ4n) is 12.6. The summed E-state index contributed by atoms with van der Waals surface area (Å²) in [5.41, 5.74) is 21.2. The molecule has 0 aromatic heterocycles. The molecule has 0 heterocycles. The van der Waals surface area contributed by atoms with E-state index in [1.807, 2.05) is 0 Å². The van der Waals surface area contributed by atoms with Crippen LogP contribution in [0.3, 0.4) is 0 Å². The maximum atomic E-state index is 2.57. The average Bonchev–Trinajstić information content (AvgIpc) is 3.92. The highest BCUT2D eigenvalue weighted by atomic mass is 15.1. The number of hydrogen-bond acceptors (Lipinski definition) is 1. The van der Waals surface area contributed by atoms with Crippen molar-refractivity contribution in [3.63, 3.8) is 0 Å². The van der Waals surface area contributed by atoms with Crippen molar-refractivity contribution in [3.05, 3.63) is 258 Å². The zero-order valence-corrected chi connectivity index (χ0v) is 36.3. The number of fused-ring (bicyclic) bond motifs is 19. The van der Waals surface area contributed by atoms with Gasteiger partial charge in [-0.3, -0.25) is 0 Å². The Balaban J connectivity index is 1.12. The van der Waals surface area contributed by atoms with Crippen LogP contribution in [0.2, 0.25) is 0 Å². The highest BCUT2D eigenvalue weighted by Crippen LogP contribution is 2.64. The maximum absolute atomic E-state index is 2.57. The molecule has 1 spiro atoms.